The van der Waals surface area contributed by atoms with Crippen LogP contribution in [0.5, 0.6) is 0 Å². The first-order valence-corrected chi connectivity index (χ1v) is 9.45. The zero-order valence-corrected chi connectivity index (χ0v) is 16.0. The van der Waals surface area contributed by atoms with E-state index in [0.29, 0.717) is 0 Å². The third kappa shape index (κ3) is 2.10. The summed E-state index contributed by atoms with van der Waals surface area (Å²) in [5, 5.41) is 0. The van der Waals surface area contributed by atoms with Crippen LogP contribution < -0.4 is 0 Å². The van der Waals surface area contributed by atoms with Crippen molar-refractivity contribution in [3.05, 3.63) is 132 Å². The lowest BCUT2D eigenvalue weighted by molar-refractivity contribution is 0.782. The fourth-order valence-corrected chi connectivity index (χ4v) is 4.90. The molecule has 0 aromatic heterocycles. The maximum atomic E-state index is 4.15. The molecule has 0 unspecified atom stereocenters. The maximum absolute atomic E-state index is 4.15. The molecule has 0 N–H and O–H groups in total. The summed E-state index contributed by atoms with van der Waals surface area (Å²) in [4.78, 5) is 0. The molecule has 2 aliphatic carbocycles. The minimum absolute atomic E-state index is 0.320. The van der Waals surface area contributed by atoms with E-state index >= 15 is 0 Å². The Kier molecular flexibility index (Phi) is 4.20. The van der Waals surface area contributed by atoms with Crippen molar-refractivity contribution in [3.8, 4) is 11.1 Å². The van der Waals surface area contributed by atoms with Gasteiger partial charge in [0.05, 0.1) is 5.41 Å². The van der Waals surface area contributed by atoms with Crippen LogP contribution in [0.15, 0.2) is 120 Å². The molecule has 0 fully saturated rings. The first-order chi connectivity index (χ1) is 13.2. The van der Waals surface area contributed by atoms with E-state index in [-0.39, 0.29) is 5.41 Å². The van der Waals surface area contributed by atoms with E-state index in [4.69, 9.17) is 0 Å². The van der Waals surface area contributed by atoms with E-state index in [1.54, 1.807) is 0 Å². The summed E-state index contributed by atoms with van der Waals surface area (Å²) in [6.07, 6.45) is 12.7. The summed E-state index contributed by atoms with van der Waals surface area (Å²) in [5.74, 6) is 0. The fraction of sp³-hybridized carbons (Fsp3) is 0.111. The van der Waals surface area contributed by atoms with Gasteiger partial charge in [-0.3, -0.25) is 0 Å². The Hall–Kier alpha value is -3.12. The molecule has 2 aliphatic rings. The highest BCUT2D eigenvalue weighted by Gasteiger charge is 2.52. The van der Waals surface area contributed by atoms with Crippen LogP contribution >= 0.6 is 0 Å². The summed E-state index contributed by atoms with van der Waals surface area (Å²) >= 11 is 0. The van der Waals surface area contributed by atoms with Gasteiger partial charge < -0.3 is 0 Å². The van der Waals surface area contributed by atoms with Crippen LogP contribution in [0.25, 0.3) is 11.1 Å². The topological polar surface area (TPSA) is 0 Å². The second-order valence-electron chi connectivity index (χ2n) is 6.89. The van der Waals surface area contributed by atoms with Crippen LogP contribution in [0.1, 0.15) is 25.0 Å². The first kappa shape index (κ1) is 17.3. The van der Waals surface area contributed by atoms with Gasteiger partial charge in [0.2, 0.25) is 0 Å². The summed E-state index contributed by atoms with van der Waals surface area (Å²) < 4.78 is 0. The van der Waals surface area contributed by atoms with Crippen molar-refractivity contribution in [1.29, 1.82) is 0 Å². The predicted octanol–water partition coefficient (Wildman–Crippen LogP) is 7.08. The van der Waals surface area contributed by atoms with Crippen molar-refractivity contribution in [2.24, 2.45) is 0 Å². The Morgan fingerprint density at radius 2 is 1.44 bits per heavy atom. The molecule has 0 atom stereocenters. The molecule has 0 radical (unpaired) electrons. The van der Waals surface area contributed by atoms with Gasteiger partial charge in [-0.25, -0.2) is 0 Å². The molecule has 1 spiro atoms. The second kappa shape index (κ2) is 6.55. The van der Waals surface area contributed by atoms with Gasteiger partial charge >= 0.3 is 0 Å². The molecule has 2 aromatic carbocycles. The van der Waals surface area contributed by atoms with Crippen molar-refractivity contribution in [2.75, 3.05) is 0 Å². The average Bonchev–Trinajstić information content (AvgIpc) is 3.15. The van der Waals surface area contributed by atoms with Crippen LogP contribution in [0, 0.1) is 0 Å². The molecule has 2 aromatic rings. The standard InChI is InChI=1S/C27H24/c1-5-13-23-19(7-3)20(8-4)24(14-6-2)27(23)25-17-11-9-15-21(25)22-16-10-12-18-26(22)27/h5-18H,1,4H2,2-3H3/b14-6-,19-7-,23-13?. The Labute approximate surface area is 162 Å². The summed E-state index contributed by atoms with van der Waals surface area (Å²) in [5.41, 5.74) is 9.99. The number of fused-ring (bicyclic) bond motifs is 5. The third-order valence-corrected chi connectivity index (χ3v) is 5.74. The Bertz CT molecular complexity index is 1020. The molecule has 132 valence electrons. The molecule has 0 aliphatic heterocycles. The van der Waals surface area contributed by atoms with Crippen LogP contribution in [-0.2, 0) is 5.41 Å². The number of benzene rings is 2. The van der Waals surface area contributed by atoms with Gasteiger partial charge in [0.15, 0.2) is 0 Å². The quantitative estimate of drug-likeness (QED) is 0.556. The highest BCUT2D eigenvalue weighted by atomic mass is 14.5. The molecule has 0 heterocycles. The van der Waals surface area contributed by atoms with E-state index in [2.05, 4.69) is 99.8 Å². The molecule has 0 nitrogen and oxygen atoms in total. The van der Waals surface area contributed by atoms with E-state index in [1.807, 2.05) is 12.2 Å². The van der Waals surface area contributed by atoms with E-state index in [9.17, 15) is 0 Å². The first-order valence-electron chi connectivity index (χ1n) is 9.45. The number of allylic oxidation sites excluding steroid dienone is 10. The Morgan fingerprint density at radius 3 is 1.93 bits per heavy atom. The second-order valence-corrected chi connectivity index (χ2v) is 6.89. The Morgan fingerprint density at radius 1 is 0.852 bits per heavy atom. The van der Waals surface area contributed by atoms with Gasteiger partial charge in [0.1, 0.15) is 0 Å². The highest BCUT2D eigenvalue weighted by molar-refractivity contribution is 5.91. The smallest absolute Gasteiger partial charge is 0.0725 e. The number of hydrogen-bond donors (Lipinski definition) is 0. The number of hydrogen-bond acceptors (Lipinski definition) is 0. The van der Waals surface area contributed by atoms with E-state index in [1.165, 1.54) is 44.5 Å². The molecule has 4 rings (SSSR count). The third-order valence-electron chi connectivity index (χ3n) is 5.74. The van der Waals surface area contributed by atoms with Crippen LogP contribution in [-0.4, -0.2) is 0 Å². The molecule has 0 bridgehead atoms. The van der Waals surface area contributed by atoms with Gasteiger partial charge in [0.25, 0.3) is 0 Å². The summed E-state index contributed by atoms with van der Waals surface area (Å²) in [7, 11) is 0. The zero-order valence-electron chi connectivity index (χ0n) is 16.0. The normalized spacial score (nSPS) is 19.9. The van der Waals surface area contributed by atoms with Crippen molar-refractivity contribution in [3.63, 3.8) is 0 Å². The van der Waals surface area contributed by atoms with Gasteiger partial charge in [-0.15, -0.1) is 0 Å². The Balaban J connectivity index is 2.26. The molecule has 0 saturated heterocycles. The SMILES string of the molecule is C=CC=C1/C(=C\C)C(C=C)=C(/C=C\C)C12c1ccccc1-c1ccccc12. The zero-order chi connectivity index (χ0) is 19.0. The predicted molar refractivity (Wildman–Crippen MR) is 117 cm³/mol. The highest BCUT2D eigenvalue weighted by Crippen LogP contribution is 2.63. The monoisotopic (exact) mass is 348 g/mol. The lowest BCUT2D eigenvalue weighted by Gasteiger charge is -2.32. The molecular weight excluding hydrogens is 324 g/mol. The molecule has 0 amide bonds. The minimum atomic E-state index is -0.320. The van der Waals surface area contributed by atoms with E-state index in [0.717, 1.165) is 0 Å². The molecule has 27 heavy (non-hydrogen) atoms. The van der Waals surface area contributed by atoms with E-state index < -0.39 is 0 Å². The molecule has 0 heteroatoms. The lowest BCUT2D eigenvalue weighted by atomic mass is 9.69. The van der Waals surface area contributed by atoms with Crippen LogP contribution in [0.2, 0.25) is 0 Å². The fourth-order valence-electron chi connectivity index (χ4n) is 4.90. The van der Waals surface area contributed by atoms with Crippen molar-refractivity contribution < 1.29 is 0 Å². The van der Waals surface area contributed by atoms with Gasteiger partial charge in [-0.2, -0.15) is 0 Å². The maximum Gasteiger partial charge on any atom is 0.0725 e. The van der Waals surface area contributed by atoms with Crippen molar-refractivity contribution >= 4 is 0 Å². The molecular formula is C27H24. The van der Waals surface area contributed by atoms with Crippen LogP contribution in [0.4, 0.5) is 0 Å². The summed E-state index contributed by atoms with van der Waals surface area (Å²) in [6, 6.07) is 17.6. The molecule has 0 saturated carbocycles. The minimum Gasteiger partial charge on any atom is -0.0991 e. The van der Waals surface area contributed by atoms with Crippen molar-refractivity contribution in [2.45, 2.75) is 19.3 Å². The number of rotatable bonds is 3. The van der Waals surface area contributed by atoms with Crippen molar-refractivity contribution in [1.82, 2.24) is 0 Å². The van der Waals surface area contributed by atoms with Crippen LogP contribution in [0.3, 0.4) is 0 Å². The largest absolute Gasteiger partial charge is 0.0991 e. The lowest BCUT2D eigenvalue weighted by Crippen LogP contribution is -2.27. The average molecular weight is 348 g/mol. The van der Waals surface area contributed by atoms with Gasteiger partial charge in [-0.05, 0) is 58.4 Å². The van der Waals surface area contributed by atoms with Gasteiger partial charge in [0, 0.05) is 0 Å². The summed E-state index contributed by atoms with van der Waals surface area (Å²) in [6.45, 7) is 12.4. The van der Waals surface area contributed by atoms with Gasteiger partial charge in [-0.1, -0.05) is 98.1 Å².